The van der Waals surface area contributed by atoms with Crippen LogP contribution in [0.25, 0.3) is 0 Å². The number of nitrogens with one attached hydrogen (secondary N) is 2. The van der Waals surface area contributed by atoms with Gasteiger partial charge in [-0.3, -0.25) is 0 Å². The highest BCUT2D eigenvalue weighted by Gasteiger charge is 2.06. The Morgan fingerprint density at radius 3 is 2.40 bits per heavy atom. The molecule has 0 fully saturated rings. The molecule has 0 aromatic rings. The summed E-state index contributed by atoms with van der Waals surface area (Å²) in [5.41, 5.74) is 0. The molecule has 5 nitrogen and oxygen atoms in total. The van der Waals surface area contributed by atoms with Crippen molar-refractivity contribution in [3.8, 4) is 0 Å². The third-order valence-corrected chi connectivity index (χ3v) is 1.61. The first-order chi connectivity index (χ1) is 4.45. The summed E-state index contributed by atoms with van der Waals surface area (Å²) >= 11 is 0. The van der Waals surface area contributed by atoms with E-state index in [2.05, 4.69) is 10.0 Å². The van der Waals surface area contributed by atoms with Crippen molar-refractivity contribution in [2.75, 3.05) is 13.6 Å². The van der Waals surface area contributed by atoms with E-state index in [1.165, 1.54) is 0 Å². The van der Waals surface area contributed by atoms with Crippen LogP contribution in [0, 0.1) is 0 Å². The van der Waals surface area contributed by atoms with E-state index < -0.39 is 10.2 Å². The molecular weight excluding hydrogens is 154 g/mol. The Bertz CT molecular complexity index is 177. The average Bonchev–Trinajstić information content (AvgIpc) is 1.59. The molecular formula is C4H13N3O2S. The topological polar surface area (TPSA) is 84.2 Å². The van der Waals surface area contributed by atoms with E-state index in [1.807, 2.05) is 0 Å². The van der Waals surface area contributed by atoms with Crippen LogP contribution in [0.4, 0.5) is 0 Å². The van der Waals surface area contributed by atoms with Crippen molar-refractivity contribution in [2.24, 2.45) is 5.14 Å². The lowest BCUT2D eigenvalue weighted by Gasteiger charge is -2.09. The molecule has 1 atom stereocenters. The van der Waals surface area contributed by atoms with Crippen LogP contribution in [0.2, 0.25) is 0 Å². The van der Waals surface area contributed by atoms with Crippen molar-refractivity contribution in [1.82, 2.24) is 10.0 Å². The minimum absolute atomic E-state index is 0.167. The van der Waals surface area contributed by atoms with Gasteiger partial charge in [0, 0.05) is 12.6 Å². The minimum atomic E-state index is -3.54. The fourth-order valence-corrected chi connectivity index (χ4v) is 1.27. The summed E-state index contributed by atoms with van der Waals surface area (Å²) in [6, 6.07) is -0.167. The molecule has 0 aliphatic carbocycles. The number of likely N-dealkylation sites (N-methyl/N-ethyl adjacent to an activating group) is 1. The van der Waals surface area contributed by atoms with E-state index in [1.54, 1.807) is 14.0 Å². The summed E-state index contributed by atoms with van der Waals surface area (Å²) < 4.78 is 22.9. The highest BCUT2D eigenvalue weighted by molar-refractivity contribution is 7.87. The van der Waals surface area contributed by atoms with Crippen LogP contribution in [0.5, 0.6) is 0 Å². The zero-order valence-electron chi connectivity index (χ0n) is 6.09. The van der Waals surface area contributed by atoms with Crippen LogP contribution in [-0.4, -0.2) is 28.1 Å². The van der Waals surface area contributed by atoms with Gasteiger partial charge in [-0.15, -0.1) is 0 Å². The number of hydrogen-bond acceptors (Lipinski definition) is 3. The van der Waals surface area contributed by atoms with Crippen LogP contribution in [0.15, 0.2) is 0 Å². The molecule has 0 radical (unpaired) electrons. The minimum Gasteiger partial charge on any atom is -0.318 e. The Hall–Kier alpha value is -0.170. The molecule has 0 saturated heterocycles. The molecule has 0 spiro atoms. The Labute approximate surface area is 61.2 Å². The second-order valence-corrected chi connectivity index (χ2v) is 3.45. The maximum absolute atomic E-state index is 10.4. The Morgan fingerprint density at radius 2 is 2.10 bits per heavy atom. The van der Waals surface area contributed by atoms with Crippen LogP contribution in [0.3, 0.4) is 0 Å². The molecule has 0 aliphatic heterocycles. The third kappa shape index (κ3) is 5.96. The Kier molecular flexibility index (Phi) is 3.80. The van der Waals surface area contributed by atoms with Crippen LogP contribution < -0.4 is 15.2 Å². The van der Waals surface area contributed by atoms with E-state index in [0.717, 1.165) is 0 Å². The molecule has 6 heteroatoms. The number of hydrogen-bond donors (Lipinski definition) is 3. The summed E-state index contributed by atoms with van der Waals surface area (Å²) in [5, 5.41) is 7.51. The summed E-state index contributed by atoms with van der Waals surface area (Å²) in [6.45, 7) is 2.29. The van der Waals surface area contributed by atoms with Gasteiger partial charge in [-0.05, 0) is 14.0 Å². The van der Waals surface area contributed by atoms with E-state index >= 15 is 0 Å². The summed E-state index contributed by atoms with van der Waals surface area (Å²) in [6.07, 6.45) is 0. The first-order valence-electron chi connectivity index (χ1n) is 2.90. The lowest BCUT2D eigenvalue weighted by atomic mass is 10.4. The summed E-state index contributed by atoms with van der Waals surface area (Å²) in [4.78, 5) is 0. The van der Waals surface area contributed by atoms with Gasteiger partial charge in [0.1, 0.15) is 0 Å². The van der Waals surface area contributed by atoms with Gasteiger partial charge in [-0.1, -0.05) is 0 Å². The first-order valence-corrected chi connectivity index (χ1v) is 4.45. The second kappa shape index (κ2) is 3.87. The standard InChI is InChI=1S/C4H13N3O2S/c1-4(3-6-2)7-10(5,8)9/h4,6-7H,3H2,1-2H3,(H2,5,8,9). The van der Waals surface area contributed by atoms with Crippen molar-refractivity contribution in [3.05, 3.63) is 0 Å². The quantitative estimate of drug-likeness (QED) is 0.471. The zero-order valence-corrected chi connectivity index (χ0v) is 6.90. The average molecular weight is 167 g/mol. The number of nitrogens with two attached hydrogens (primary N) is 1. The van der Waals surface area contributed by atoms with Crippen molar-refractivity contribution in [1.29, 1.82) is 0 Å². The fraction of sp³-hybridized carbons (Fsp3) is 1.00. The maximum Gasteiger partial charge on any atom is 0.274 e. The highest BCUT2D eigenvalue weighted by Crippen LogP contribution is 1.78. The molecule has 0 bridgehead atoms. The van der Waals surface area contributed by atoms with Gasteiger partial charge < -0.3 is 5.32 Å². The van der Waals surface area contributed by atoms with Crippen LogP contribution in [0.1, 0.15) is 6.92 Å². The smallest absolute Gasteiger partial charge is 0.274 e. The molecule has 0 rings (SSSR count). The van der Waals surface area contributed by atoms with Gasteiger partial charge in [0.2, 0.25) is 0 Å². The first kappa shape index (κ1) is 9.83. The molecule has 0 saturated carbocycles. The lowest BCUT2D eigenvalue weighted by molar-refractivity contribution is 0.552. The van der Waals surface area contributed by atoms with E-state index in [4.69, 9.17) is 5.14 Å². The van der Waals surface area contributed by atoms with Crippen molar-refractivity contribution < 1.29 is 8.42 Å². The molecule has 0 aromatic carbocycles. The SMILES string of the molecule is CNCC(C)NS(N)(=O)=O. The van der Waals surface area contributed by atoms with Gasteiger partial charge in [-0.2, -0.15) is 13.1 Å². The third-order valence-electron chi connectivity index (χ3n) is 0.876. The largest absolute Gasteiger partial charge is 0.318 e. The molecule has 10 heavy (non-hydrogen) atoms. The van der Waals surface area contributed by atoms with Gasteiger partial charge in [-0.25, -0.2) is 5.14 Å². The Balaban J connectivity index is 3.69. The van der Waals surface area contributed by atoms with E-state index in [9.17, 15) is 8.42 Å². The van der Waals surface area contributed by atoms with E-state index in [-0.39, 0.29) is 6.04 Å². The normalized spacial score (nSPS) is 15.1. The van der Waals surface area contributed by atoms with Crippen LogP contribution >= 0.6 is 0 Å². The lowest BCUT2D eigenvalue weighted by Crippen LogP contribution is -2.42. The molecule has 4 N–H and O–H groups in total. The predicted molar refractivity (Wildman–Crippen MR) is 39.6 cm³/mol. The molecule has 62 valence electrons. The predicted octanol–water partition coefficient (Wildman–Crippen LogP) is -1.61. The van der Waals surface area contributed by atoms with Crippen molar-refractivity contribution in [2.45, 2.75) is 13.0 Å². The molecule has 0 heterocycles. The van der Waals surface area contributed by atoms with Gasteiger partial charge in [0.15, 0.2) is 0 Å². The summed E-state index contributed by atoms with van der Waals surface area (Å²) in [5.74, 6) is 0. The Morgan fingerprint density at radius 1 is 1.60 bits per heavy atom. The van der Waals surface area contributed by atoms with Gasteiger partial charge in [0.05, 0.1) is 0 Å². The van der Waals surface area contributed by atoms with Crippen LogP contribution in [-0.2, 0) is 10.2 Å². The van der Waals surface area contributed by atoms with Gasteiger partial charge in [0.25, 0.3) is 10.2 Å². The monoisotopic (exact) mass is 167 g/mol. The van der Waals surface area contributed by atoms with Crippen molar-refractivity contribution in [3.63, 3.8) is 0 Å². The zero-order chi connectivity index (χ0) is 8.20. The maximum atomic E-state index is 10.4. The van der Waals surface area contributed by atoms with Crippen molar-refractivity contribution >= 4 is 10.2 Å². The molecule has 0 aromatic heterocycles. The summed E-state index contributed by atoms with van der Waals surface area (Å²) in [7, 11) is -1.80. The van der Waals surface area contributed by atoms with Gasteiger partial charge >= 0.3 is 0 Å². The fourth-order valence-electron chi connectivity index (χ4n) is 0.628. The second-order valence-electron chi connectivity index (χ2n) is 2.12. The van der Waals surface area contributed by atoms with E-state index in [0.29, 0.717) is 6.54 Å². The molecule has 0 amide bonds. The molecule has 0 aliphatic rings. The highest BCUT2D eigenvalue weighted by atomic mass is 32.2. The number of rotatable bonds is 4. The molecule has 1 unspecified atom stereocenters.